The van der Waals surface area contributed by atoms with Crippen molar-refractivity contribution in [3.63, 3.8) is 0 Å². The molecular formula is C10H10Cl2O. The average Bonchev–Trinajstić information content (AvgIpc) is 2.62. The molecule has 1 aromatic carbocycles. The summed E-state index contributed by atoms with van der Waals surface area (Å²) < 4.78 is 5.33. The lowest BCUT2D eigenvalue weighted by Gasteiger charge is -2.06. The summed E-state index contributed by atoms with van der Waals surface area (Å²) in [7, 11) is 0. The molecule has 0 aliphatic carbocycles. The van der Waals surface area contributed by atoms with E-state index in [1.54, 1.807) is 0 Å². The Bertz CT molecular complexity index is 292. The predicted molar refractivity (Wildman–Crippen MR) is 54.0 cm³/mol. The maximum Gasteiger partial charge on any atom is 0.0725 e. The van der Waals surface area contributed by atoms with Crippen molar-refractivity contribution in [1.82, 2.24) is 0 Å². The van der Waals surface area contributed by atoms with Crippen molar-refractivity contribution in [3.8, 4) is 0 Å². The lowest BCUT2D eigenvalue weighted by molar-refractivity contribution is 0.134. The molecule has 13 heavy (non-hydrogen) atoms. The molecule has 0 atom stereocenters. The third-order valence-electron chi connectivity index (χ3n) is 2.32. The van der Waals surface area contributed by atoms with Gasteiger partial charge in [-0.15, -0.1) is 23.2 Å². The van der Waals surface area contributed by atoms with Crippen LogP contribution in [0.5, 0.6) is 0 Å². The number of benzene rings is 1. The van der Waals surface area contributed by atoms with Crippen molar-refractivity contribution in [2.45, 2.75) is 25.0 Å². The first-order chi connectivity index (χ1) is 6.35. The van der Waals surface area contributed by atoms with Crippen molar-refractivity contribution in [1.29, 1.82) is 0 Å². The second-order valence-electron chi connectivity index (χ2n) is 3.15. The summed E-state index contributed by atoms with van der Waals surface area (Å²) in [5.74, 6) is 1.05. The van der Waals surface area contributed by atoms with E-state index in [9.17, 15) is 0 Å². The highest BCUT2D eigenvalue weighted by molar-refractivity contribution is 6.18. The molecule has 1 aliphatic heterocycles. The molecule has 0 radical (unpaired) electrons. The Kier molecular flexibility index (Phi) is 2.77. The SMILES string of the molecule is ClCc1cc2c(cc1CCl)COC2. The van der Waals surface area contributed by atoms with E-state index in [0.29, 0.717) is 25.0 Å². The van der Waals surface area contributed by atoms with Crippen molar-refractivity contribution in [3.05, 3.63) is 34.4 Å². The Morgan fingerprint density at radius 2 is 1.46 bits per heavy atom. The molecule has 0 N–H and O–H groups in total. The summed E-state index contributed by atoms with van der Waals surface area (Å²) in [4.78, 5) is 0. The average molecular weight is 217 g/mol. The minimum atomic E-state index is 0.523. The van der Waals surface area contributed by atoms with E-state index in [0.717, 1.165) is 11.1 Å². The van der Waals surface area contributed by atoms with Gasteiger partial charge in [0.2, 0.25) is 0 Å². The zero-order valence-electron chi connectivity index (χ0n) is 7.15. The Hall–Kier alpha value is -0.240. The van der Waals surface area contributed by atoms with Crippen LogP contribution in [0.4, 0.5) is 0 Å². The van der Waals surface area contributed by atoms with Crippen molar-refractivity contribution in [2.24, 2.45) is 0 Å². The highest BCUT2D eigenvalue weighted by Crippen LogP contribution is 2.25. The first-order valence-corrected chi connectivity index (χ1v) is 5.25. The summed E-state index contributed by atoms with van der Waals surface area (Å²) in [6.07, 6.45) is 0. The molecule has 0 unspecified atom stereocenters. The molecule has 70 valence electrons. The highest BCUT2D eigenvalue weighted by Gasteiger charge is 2.13. The molecule has 0 bridgehead atoms. The number of ether oxygens (including phenoxy) is 1. The van der Waals surface area contributed by atoms with Crippen molar-refractivity contribution < 1.29 is 4.74 Å². The van der Waals surface area contributed by atoms with Gasteiger partial charge in [0.25, 0.3) is 0 Å². The van der Waals surface area contributed by atoms with E-state index >= 15 is 0 Å². The molecule has 0 saturated heterocycles. The van der Waals surface area contributed by atoms with E-state index in [2.05, 4.69) is 12.1 Å². The molecule has 0 spiro atoms. The summed E-state index contributed by atoms with van der Waals surface area (Å²) >= 11 is 11.6. The zero-order valence-corrected chi connectivity index (χ0v) is 8.66. The van der Waals surface area contributed by atoms with E-state index in [1.165, 1.54) is 11.1 Å². The molecule has 1 aromatic rings. The first-order valence-electron chi connectivity index (χ1n) is 4.18. The smallest absolute Gasteiger partial charge is 0.0725 e. The van der Waals surface area contributed by atoms with Crippen LogP contribution in [-0.2, 0) is 29.7 Å². The van der Waals surface area contributed by atoms with Crippen LogP contribution in [0, 0.1) is 0 Å². The molecular weight excluding hydrogens is 207 g/mol. The summed E-state index contributed by atoms with van der Waals surface area (Å²) in [6.45, 7) is 1.42. The second-order valence-corrected chi connectivity index (χ2v) is 3.68. The van der Waals surface area contributed by atoms with Gasteiger partial charge < -0.3 is 4.74 Å². The van der Waals surface area contributed by atoms with Crippen LogP contribution in [0.15, 0.2) is 12.1 Å². The standard InChI is InChI=1S/C10H10Cl2O/c11-3-7-1-9-5-13-6-10(9)2-8(7)4-12/h1-2H,3-6H2. The fourth-order valence-corrected chi connectivity index (χ4v) is 2.08. The monoisotopic (exact) mass is 216 g/mol. The number of fused-ring (bicyclic) bond motifs is 1. The normalized spacial score (nSPS) is 14.6. The van der Waals surface area contributed by atoms with Crippen LogP contribution in [0.3, 0.4) is 0 Å². The molecule has 0 fully saturated rings. The molecule has 3 heteroatoms. The predicted octanol–water partition coefficient (Wildman–Crippen LogP) is 3.19. The molecule has 1 aliphatic rings. The lowest BCUT2D eigenvalue weighted by atomic mass is 10.0. The topological polar surface area (TPSA) is 9.23 Å². The Morgan fingerprint density at radius 1 is 1.00 bits per heavy atom. The molecule has 1 heterocycles. The maximum atomic E-state index is 5.81. The highest BCUT2D eigenvalue weighted by atomic mass is 35.5. The first kappa shape index (κ1) is 9.32. The maximum absolute atomic E-state index is 5.81. The minimum Gasteiger partial charge on any atom is -0.372 e. The lowest BCUT2D eigenvalue weighted by Crippen LogP contribution is -1.93. The van der Waals surface area contributed by atoms with Gasteiger partial charge >= 0.3 is 0 Å². The van der Waals surface area contributed by atoms with Crippen LogP contribution in [0.25, 0.3) is 0 Å². The van der Waals surface area contributed by atoms with E-state index < -0.39 is 0 Å². The van der Waals surface area contributed by atoms with Gasteiger partial charge in [0, 0.05) is 11.8 Å². The van der Waals surface area contributed by atoms with E-state index in [4.69, 9.17) is 27.9 Å². The number of hydrogen-bond acceptors (Lipinski definition) is 1. The Labute approximate surface area is 87.6 Å². The van der Waals surface area contributed by atoms with Crippen LogP contribution in [-0.4, -0.2) is 0 Å². The van der Waals surface area contributed by atoms with Gasteiger partial charge in [-0.2, -0.15) is 0 Å². The largest absolute Gasteiger partial charge is 0.372 e. The van der Waals surface area contributed by atoms with Crippen LogP contribution in [0.1, 0.15) is 22.3 Å². The van der Waals surface area contributed by atoms with Gasteiger partial charge in [-0.05, 0) is 22.3 Å². The fraction of sp³-hybridized carbons (Fsp3) is 0.400. The Morgan fingerprint density at radius 3 is 1.85 bits per heavy atom. The zero-order chi connectivity index (χ0) is 9.26. The van der Waals surface area contributed by atoms with Gasteiger partial charge in [0.1, 0.15) is 0 Å². The van der Waals surface area contributed by atoms with Crippen molar-refractivity contribution >= 4 is 23.2 Å². The molecule has 0 amide bonds. The van der Waals surface area contributed by atoms with Gasteiger partial charge in [0.15, 0.2) is 0 Å². The van der Waals surface area contributed by atoms with E-state index in [-0.39, 0.29) is 0 Å². The number of rotatable bonds is 2. The van der Waals surface area contributed by atoms with Gasteiger partial charge in [0.05, 0.1) is 13.2 Å². The minimum absolute atomic E-state index is 0.523. The fourth-order valence-electron chi connectivity index (χ4n) is 1.58. The van der Waals surface area contributed by atoms with Gasteiger partial charge in [-0.25, -0.2) is 0 Å². The second kappa shape index (κ2) is 3.87. The number of halogens is 2. The van der Waals surface area contributed by atoms with Gasteiger partial charge in [-0.3, -0.25) is 0 Å². The third kappa shape index (κ3) is 1.69. The van der Waals surface area contributed by atoms with Crippen LogP contribution in [0.2, 0.25) is 0 Å². The van der Waals surface area contributed by atoms with Crippen LogP contribution < -0.4 is 0 Å². The summed E-state index contributed by atoms with van der Waals surface area (Å²) in [5.41, 5.74) is 4.76. The molecule has 0 saturated carbocycles. The quantitative estimate of drug-likeness (QED) is 0.691. The molecule has 1 nitrogen and oxygen atoms in total. The third-order valence-corrected chi connectivity index (χ3v) is 2.90. The van der Waals surface area contributed by atoms with Gasteiger partial charge in [-0.1, -0.05) is 12.1 Å². The summed E-state index contributed by atoms with van der Waals surface area (Å²) in [6, 6.07) is 4.21. The van der Waals surface area contributed by atoms with E-state index in [1.807, 2.05) is 0 Å². The van der Waals surface area contributed by atoms with Crippen molar-refractivity contribution in [2.75, 3.05) is 0 Å². The Balaban J connectivity index is 2.47. The molecule has 2 rings (SSSR count). The van der Waals surface area contributed by atoms with Crippen LogP contribution >= 0.6 is 23.2 Å². The number of hydrogen-bond donors (Lipinski definition) is 0. The number of alkyl halides is 2. The summed E-state index contributed by atoms with van der Waals surface area (Å²) in [5, 5.41) is 0. The molecule has 0 aromatic heterocycles.